The topological polar surface area (TPSA) is 63.4 Å². The van der Waals surface area contributed by atoms with Gasteiger partial charge in [-0.2, -0.15) is 4.31 Å². The first-order chi connectivity index (χ1) is 8.57. The molecule has 6 heteroatoms. The van der Waals surface area contributed by atoms with Crippen LogP contribution in [-0.2, 0) is 16.6 Å². The molecule has 0 spiro atoms. The monoisotopic (exact) mass is 288 g/mol. The summed E-state index contributed by atoms with van der Waals surface area (Å²) in [6, 6.07) is 1.70. The van der Waals surface area contributed by atoms with Crippen molar-refractivity contribution >= 4 is 21.4 Å². The minimum atomic E-state index is -3.31. The fraction of sp³-hybridized carbons (Fsp3) is 0.667. The Bertz CT molecular complexity index is 492. The highest BCUT2D eigenvalue weighted by Gasteiger charge is 2.31. The van der Waals surface area contributed by atoms with E-state index in [9.17, 15) is 8.42 Å². The van der Waals surface area contributed by atoms with Crippen molar-refractivity contribution in [1.82, 2.24) is 4.31 Å². The van der Waals surface area contributed by atoms with E-state index in [1.807, 2.05) is 12.3 Å². The lowest BCUT2D eigenvalue weighted by Gasteiger charge is -2.20. The van der Waals surface area contributed by atoms with Gasteiger partial charge in [0.2, 0.25) is 0 Å². The number of rotatable bonds is 7. The summed E-state index contributed by atoms with van der Waals surface area (Å²) in [5, 5.41) is 1.83. The molecule has 1 fully saturated rings. The normalized spacial score (nSPS) is 16.4. The zero-order chi connectivity index (χ0) is 13.2. The molecule has 1 aromatic rings. The Morgan fingerprint density at radius 3 is 2.72 bits per heavy atom. The van der Waals surface area contributed by atoms with Crippen molar-refractivity contribution in [3.8, 4) is 0 Å². The van der Waals surface area contributed by atoms with Gasteiger partial charge in [-0.05, 0) is 42.2 Å². The van der Waals surface area contributed by atoms with Crippen molar-refractivity contribution in [2.75, 3.05) is 13.1 Å². The summed E-state index contributed by atoms with van der Waals surface area (Å²) in [4.78, 5) is 0. The standard InChI is InChI=1S/C12H20N2O2S2/c1-2-5-14(8-10-3-4-10)18(15,16)12-6-11(7-13)9-17-12/h6,9-10H,2-5,7-8,13H2,1H3. The predicted molar refractivity (Wildman–Crippen MR) is 74.0 cm³/mol. The number of thiophene rings is 1. The largest absolute Gasteiger partial charge is 0.326 e. The summed E-state index contributed by atoms with van der Waals surface area (Å²) >= 11 is 1.27. The van der Waals surface area contributed by atoms with Gasteiger partial charge >= 0.3 is 0 Å². The van der Waals surface area contributed by atoms with Gasteiger partial charge in [0.25, 0.3) is 10.0 Å². The molecule has 4 nitrogen and oxygen atoms in total. The second-order valence-electron chi connectivity index (χ2n) is 4.78. The molecule has 2 rings (SSSR count). The number of hydrogen-bond donors (Lipinski definition) is 1. The Morgan fingerprint density at radius 1 is 1.50 bits per heavy atom. The summed E-state index contributed by atoms with van der Waals surface area (Å²) in [5.41, 5.74) is 6.42. The Labute approximate surface area is 113 Å². The average molecular weight is 288 g/mol. The van der Waals surface area contributed by atoms with Crippen LogP contribution in [0.5, 0.6) is 0 Å². The molecule has 102 valence electrons. The quantitative estimate of drug-likeness (QED) is 0.835. The second-order valence-corrected chi connectivity index (χ2v) is 7.86. The van der Waals surface area contributed by atoms with Crippen molar-refractivity contribution in [2.24, 2.45) is 11.7 Å². The first kappa shape index (κ1) is 14.0. The van der Waals surface area contributed by atoms with E-state index in [4.69, 9.17) is 5.73 Å². The van der Waals surface area contributed by atoms with Crippen molar-refractivity contribution < 1.29 is 8.42 Å². The minimum absolute atomic E-state index is 0.391. The van der Waals surface area contributed by atoms with Gasteiger partial charge in [-0.3, -0.25) is 0 Å². The molecule has 0 radical (unpaired) electrons. The lowest BCUT2D eigenvalue weighted by atomic mass is 10.4. The smallest absolute Gasteiger partial charge is 0.252 e. The molecule has 0 unspecified atom stereocenters. The molecule has 0 atom stereocenters. The van der Waals surface area contributed by atoms with Gasteiger partial charge in [-0.25, -0.2) is 8.42 Å². The summed E-state index contributed by atoms with van der Waals surface area (Å²) in [7, 11) is -3.31. The SMILES string of the molecule is CCCN(CC1CC1)S(=O)(=O)c1cc(CN)cs1. The molecule has 2 N–H and O–H groups in total. The van der Waals surface area contributed by atoms with Gasteiger partial charge in [0.1, 0.15) is 4.21 Å². The van der Waals surface area contributed by atoms with Crippen LogP contribution in [-0.4, -0.2) is 25.8 Å². The Hall–Kier alpha value is -0.430. The third-order valence-electron chi connectivity index (χ3n) is 3.09. The van der Waals surface area contributed by atoms with Crippen LogP contribution in [0.1, 0.15) is 31.7 Å². The van der Waals surface area contributed by atoms with Gasteiger partial charge < -0.3 is 5.73 Å². The van der Waals surface area contributed by atoms with Crippen LogP contribution in [0.25, 0.3) is 0 Å². The lowest BCUT2D eigenvalue weighted by Crippen LogP contribution is -2.33. The number of sulfonamides is 1. The molecule has 0 aromatic carbocycles. The molecule has 1 aliphatic rings. The van der Waals surface area contributed by atoms with Gasteiger partial charge in [0, 0.05) is 19.6 Å². The molecule has 0 aliphatic heterocycles. The molecular formula is C12H20N2O2S2. The summed E-state index contributed by atoms with van der Waals surface area (Å²) in [6.45, 7) is 3.68. The maximum absolute atomic E-state index is 12.5. The number of nitrogens with zero attached hydrogens (tertiary/aromatic N) is 1. The van der Waals surface area contributed by atoms with Gasteiger partial charge in [-0.15, -0.1) is 11.3 Å². The number of nitrogens with two attached hydrogens (primary N) is 1. The predicted octanol–water partition coefficient (Wildman–Crippen LogP) is 2.02. The van der Waals surface area contributed by atoms with E-state index < -0.39 is 10.0 Å². The van der Waals surface area contributed by atoms with Crippen LogP contribution < -0.4 is 5.73 Å². The maximum atomic E-state index is 12.5. The van der Waals surface area contributed by atoms with Crippen molar-refractivity contribution in [3.05, 3.63) is 17.0 Å². The molecular weight excluding hydrogens is 268 g/mol. The van der Waals surface area contributed by atoms with Crippen LogP contribution in [0.2, 0.25) is 0 Å². The summed E-state index contributed by atoms with van der Waals surface area (Å²) in [6.07, 6.45) is 3.17. The van der Waals surface area contributed by atoms with E-state index in [0.29, 0.717) is 29.8 Å². The van der Waals surface area contributed by atoms with E-state index >= 15 is 0 Å². The highest BCUT2D eigenvalue weighted by atomic mass is 32.2. The van der Waals surface area contributed by atoms with Gasteiger partial charge in [-0.1, -0.05) is 6.92 Å². The molecule has 1 aromatic heterocycles. The van der Waals surface area contributed by atoms with Gasteiger partial charge in [0.15, 0.2) is 0 Å². The average Bonchev–Trinajstić information content (AvgIpc) is 3.02. The van der Waals surface area contributed by atoms with E-state index in [1.54, 1.807) is 10.4 Å². The zero-order valence-corrected chi connectivity index (χ0v) is 12.3. The van der Waals surface area contributed by atoms with Crippen LogP contribution in [0.3, 0.4) is 0 Å². The van der Waals surface area contributed by atoms with E-state index in [2.05, 4.69) is 0 Å². The zero-order valence-electron chi connectivity index (χ0n) is 10.6. The molecule has 1 heterocycles. The van der Waals surface area contributed by atoms with E-state index in [1.165, 1.54) is 11.3 Å². The third kappa shape index (κ3) is 3.12. The van der Waals surface area contributed by atoms with E-state index in [0.717, 1.165) is 24.8 Å². The summed E-state index contributed by atoms with van der Waals surface area (Å²) < 4.78 is 27.1. The maximum Gasteiger partial charge on any atom is 0.252 e. The second kappa shape index (κ2) is 5.69. The summed E-state index contributed by atoms with van der Waals surface area (Å²) in [5.74, 6) is 0.570. The van der Waals surface area contributed by atoms with Crippen molar-refractivity contribution in [3.63, 3.8) is 0 Å². The van der Waals surface area contributed by atoms with Crippen molar-refractivity contribution in [1.29, 1.82) is 0 Å². The molecule has 0 bridgehead atoms. The van der Waals surface area contributed by atoms with Crippen LogP contribution in [0.15, 0.2) is 15.7 Å². The highest BCUT2D eigenvalue weighted by Crippen LogP contribution is 2.32. The molecule has 18 heavy (non-hydrogen) atoms. The first-order valence-electron chi connectivity index (χ1n) is 6.35. The first-order valence-corrected chi connectivity index (χ1v) is 8.67. The van der Waals surface area contributed by atoms with Crippen LogP contribution >= 0.6 is 11.3 Å². The fourth-order valence-electron chi connectivity index (χ4n) is 1.87. The Kier molecular flexibility index (Phi) is 4.42. The lowest BCUT2D eigenvalue weighted by molar-refractivity contribution is 0.397. The van der Waals surface area contributed by atoms with Crippen molar-refractivity contribution in [2.45, 2.75) is 36.9 Å². The highest BCUT2D eigenvalue weighted by molar-refractivity contribution is 7.91. The Balaban J connectivity index is 2.19. The molecule has 1 aliphatic carbocycles. The molecule has 0 saturated heterocycles. The van der Waals surface area contributed by atoms with Crippen LogP contribution in [0, 0.1) is 5.92 Å². The minimum Gasteiger partial charge on any atom is -0.326 e. The third-order valence-corrected chi connectivity index (χ3v) is 6.42. The Morgan fingerprint density at radius 2 is 2.22 bits per heavy atom. The van der Waals surface area contributed by atoms with E-state index in [-0.39, 0.29) is 0 Å². The fourth-order valence-corrected chi connectivity index (χ4v) is 4.85. The molecule has 1 saturated carbocycles. The number of hydrogen-bond acceptors (Lipinski definition) is 4. The van der Waals surface area contributed by atoms with Crippen LogP contribution in [0.4, 0.5) is 0 Å². The molecule has 0 amide bonds. The van der Waals surface area contributed by atoms with Gasteiger partial charge in [0.05, 0.1) is 0 Å².